The maximum absolute atomic E-state index is 5.22. The van der Waals surface area contributed by atoms with Gasteiger partial charge in [0.25, 0.3) is 0 Å². The first-order chi connectivity index (χ1) is 9.28. The van der Waals surface area contributed by atoms with Gasteiger partial charge in [-0.2, -0.15) is 0 Å². The van der Waals surface area contributed by atoms with E-state index in [1.54, 1.807) is 7.11 Å². The van der Waals surface area contributed by atoms with Crippen molar-refractivity contribution in [1.82, 2.24) is 0 Å². The first kappa shape index (κ1) is 11.8. The fourth-order valence-corrected chi connectivity index (χ4v) is 2.47. The molecule has 0 amide bonds. The summed E-state index contributed by atoms with van der Waals surface area (Å²) in [7, 11) is 1.69. The summed E-state index contributed by atoms with van der Waals surface area (Å²) in [6.45, 7) is 2.14. The highest BCUT2D eigenvalue weighted by Crippen LogP contribution is 2.31. The Morgan fingerprint density at radius 1 is 0.842 bits per heavy atom. The van der Waals surface area contributed by atoms with Gasteiger partial charge < -0.3 is 4.74 Å². The van der Waals surface area contributed by atoms with Crippen LogP contribution in [0.15, 0.2) is 60.7 Å². The average Bonchev–Trinajstić information content (AvgIpc) is 2.46. The minimum Gasteiger partial charge on any atom is -0.497 e. The molecular weight excluding hydrogens is 232 g/mol. The van der Waals surface area contributed by atoms with E-state index in [-0.39, 0.29) is 0 Å². The van der Waals surface area contributed by atoms with Crippen LogP contribution in [0, 0.1) is 6.92 Å². The minimum absolute atomic E-state index is 0.890. The van der Waals surface area contributed by atoms with Gasteiger partial charge in [0.1, 0.15) is 5.75 Å². The average molecular weight is 248 g/mol. The fourth-order valence-electron chi connectivity index (χ4n) is 2.47. The lowest BCUT2D eigenvalue weighted by molar-refractivity contribution is 0.415. The van der Waals surface area contributed by atoms with Crippen LogP contribution in [0.25, 0.3) is 21.9 Å². The summed E-state index contributed by atoms with van der Waals surface area (Å²) in [5.74, 6) is 0.890. The molecule has 3 aromatic carbocycles. The second-order valence-corrected chi connectivity index (χ2v) is 4.76. The van der Waals surface area contributed by atoms with Crippen LogP contribution in [0.2, 0.25) is 0 Å². The summed E-state index contributed by atoms with van der Waals surface area (Å²) in [5.41, 5.74) is 3.78. The lowest BCUT2D eigenvalue weighted by Crippen LogP contribution is -1.85. The molecular formula is C18H16O. The van der Waals surface area contributed by atoms with Crippen LogP contribution in [0.5, 0.6) is 5.75 Å². The van der Waals surface area contributed by atoms with Gasteiger partial charge in [0, 0.05) is 0 Å². The van der Waals surface area contributed by atoms with Gasteiger partial charge in [-0.15, -0.1) is 0 Å². The molecule has 0 aliphatic heterocycles. The molecule has 0 bridgehead atoms. The molecule has 0 radical (unpaired) electrons. The summed E-state index contributed by atoms with van der Waals surface area (Å²) in [6.07, 6.45) is 0. The van der Waals surface area contributed by atoms with Crippen molar-refractivity contribution in [2.75, 3.05) is 7.11 Å². The summed E-state index contributed by atoms with van der Waals surface area (Å²) in [4.78, 5) is 0. The molecule has 0 saturated heterocycles. The quantitative estimate of drug-likeness (QED) is 0.631. The normalized spacial score (nSPS) is 10.6. The molecule has 94 valence electrons. The molecule has 1 heteroatoms. The van der Waals surface area contributed by atoms with Crippen molar-refractivity contribution in [1.29, 1.82) is 0 Å². The van der Waals surface area contributed by atoms with E-state index in [9.17, 15) is 0 Å². The Labute approximate surface area is 113 Å². The Balaban J connectivity index is 2.22. The van der Waals surface area contributed by atoms with E-state index in [2.05, 4.69) is 55.5 Å². The minimum atomic E-state index is 0.890. The molecule has 0 aliphatic carbocycles. The number of hydrogen-bond donors (Lipinski definition) is 0. The Bertz CT molecular complexity index is 711. The molecule has 0 fully saturated rings. The Morgan fingerprint density at radius 3 is 2.32 bits per heavy atom. The molecule has 0 aliphatic rings. The topological polar surface area (TPSA) is 9.23 Å². The van der Waals surface area contributed by atoms with Crippen molar-refractivity contribution in [3.8, 4) is 16.9 Å². The molecule has 0 atom stereocenters. The van der Waals surface area contributed by atoms with Gasteiger partial charge in [0.2, 0.25) is 0 Å². The molecule has 0 N–H and O–H groups in total. The number of fused-ring (bicyclic) bond motifs is 1. The molecule has 0 saturated carbocycles. The third-order valence-electron chi connectivity index (χ3n) is 3.41. The predicted molar refractivity (Wildman–Crippen MR) is 80.7 cm³/mol. The van der Waals surface area contributed by atoms with Crippen molar-refractivity contribution >= 4 is 10.8 Å². The van der Waals surface area contributed by atoms with E-state index in [4.69, 9.17) is 4.74 Å². The van der Waals surface area contributed by atoms with Gasteiger partial charge in [-0.25, -0.2) is 0 Å². The SMILES string of the molecule is COc1ccc(-c2cc(C)cc3ccccc23)cc1. The maximum Gasteiger partial charge on any atom is 0.118 e. The standard InChI is InChI=1S/C18H16O/c1-13-11-15-5-3-4-6-17(15)18(12-13)14-7-9-16(19-2)10-8-14/h3-12H,1-2H3. The van der Waals surface area contributed by atoms with Crippen molar-refractivity contribution in [2.24, 2.45) is 0 Å². The molecule has 19 heavy (non-hydrogen) atoms. The number of hydrogen-bond acceptors (Lipinski definition) is 1. The van der Waals surface area contributed by atoms with Gasteiger partial charge in [-0.3, -0.25) is 0 Å². The van der Waals surface area contributed by atoms with Gasteiger partial charge in [-0.1, -0.05) is 48.5 Å². The van der Waals surface area contributed by atoms with Crippen LogP contribution >= 0.6 is 0 Å². The lowest BCUT2D eigenvalue weighted by Gasteiger charge is -2.09. The Hall–Kier alpha value is -2.28. The summed E-state index contributed by atoms with van der Waals surface area (Å²) in [6, 6.07) is 21.2. The molecule has 0 aromatic heterocycles. The number of benzene rings is 3. The summed E-state index contributed by atoms with van der Waals surface area (Å²) < 4.78 is 5.22. The van der Waals surface area contributed by atoms with Gasteiger partial charge >= 0.3 is 0 Å². The van der Waals surface area contributed by atoms with Crippen LogP contribution in [0.1, 0.15) is 5.56 Å². The molecule has 3 rings (SSSR count). The van der Waals surface area contributed by atoms with E-state index in [1.165, 1.54) is 27.5 Å². The summed E-state index contributed by atoms with van der Waals surface area (Å²) in [5, 5.41) is 2.58. The number of ether oxygens (including phenoxy) is 1. The van der Waals surface area contributed by atoms with Crippen LogP contribution in [-0.4, -0.2) is 7.11 Å². The third kappa shape index (κ3) is 2.19. The van der Waals surface area contributed by atoms with E-state index < -0.39 is 0 Å². The monoisotopic (exact) mass is 248 g/mol. The van der Waals surface area contributed by atoms with Crippen molar-refractivity contribution in [3.05, 3.63) is 66.2 Å². The van der Waals surface area contributed by atoms with Gasteiger partial charge in [-0.05, 0) is 46.5 Å². The van der Waals surface area contributed by atoms with Crippen molar-refractivity contribution in [2.45, 2.75) is 6.92 Å². The van der Waals surface area contributed by atoms with Gasteiger partial charge in [0.15, 0.2) is 0 Å². The second-order valence-electron chi connectivity index (χ2n) is 4.76. The third-order valence-corrected chi connectivity index (χ3v) is 3.41. The zero-order chi connectivity index (χ0) is 13.2. The van der Waals surface area contributed by atoms with Crippen LogP contribution in [0.3, 0.4) is 0 Å². The Kier molecular flexibility index (Phi) is 2.96. The summed E-state index contributed by atoms with van der Waals surface area (Å²) >= 11 is 0. The molecule has 0 unspecified atom stereocenters. The fraction of sp³-hybridized carbons (Fsp3) is 0.111. The Morgan fingerprint density at radius 2 is 1.58 bits per heavy atom. The van der Waals surface area contributed by atoms with Crippen LogP contribution in [0.4, 0.5) is 0 Å². The predicted octanol–water partition coefficient (Wildman–Crippen LogP) is 4.82. The van der Waals surface area contributed by atoms with Crippen molar-refractivity contribution < 1.29 is 4.74 Å². The first-order valence-corrected chi connectivity index (χ1v) is 6.42. The van der Waals surface area contributed by atoms with E-state index in [0.29, 0.717) is 0 Å². The van der Waals surface area contributed by atoms with Gasteiger partial charge in [0.05, 0.1) is 7.11 Å². The van der Waals surface area contributed by atoms with Crippen LogP contribution in [-0.2, 0) is 0 Å². The van der Waals surface area contributed by atoms with E-state index >= 15 is 0 Å². The van der Waals surface area contributed by atoms with Crippen LogP contribution < -0.4 is 4.74 Å². The lowest BCUT2D eigenvalue weighted by atomic mass is 9.96. The van der Waals surface area contributed by atoms with Crippen molar-refractivity contribution in [3.63, 3.8) is 0 Å². The smallest absolute Gasteiger partial charge is 0.118 e. The first-order valence-electron chi connectivity index (χ1n) is 6.42. The molecule has 1 nitrogen and oxygen atoms in total. The molecule has 0 spiro atoms. The van der Waals surface area contributed by atoms with E-state index in [1.807, 2.05) is 12.1 Å². The highest BCUT2D eigenvalue weighted by atomic mass is 16.5. The zero-order valence-corrected chi connectivity index (χ0v) is 11.2. The number of aryl methyl sites for hydroxylation is 1. The number of rotatable bonds is 2. The highest BCUT2D eigenvalue weighted by molar-refractivity contribution is 5.97. The number of methoxy groups -OCH3 is 1. The maximum atomic E-state index is 5.22. The largest absolute Gasteiger partial charge is 0.497 e. The van der Waals surface area contributed by atoms with E-state index in [0.717, 1.165) is 5.75 Å². The highest BCUT2D eigenvalue weighted by Gasteiger charge is 2.05. The zero-order valence-electron chi connectivity index (χ0n) is 11.2. The molecule has 0 heterocycles. The molecule has 3 aromatic rings. The second kappa shape index (κ2) is 4.77.